The molecule has 5 nitrogen and oxygen atoms in total. The van der Waals surface area contributed by atoms with Crippen LogP contribution in [0.25, 0.3) is 0 Å². The molecule has 0 spiro atoms. The summed E-state index contributed by atoms with van der Waals surface area (Å²) in [6.45, 7) is 7.96. The zero-order valence-corrected chi connectivity index (χ0v) is 15.6. The summed E-state index contributed by atoms with van der Waals surface area (Å²) in [5.74, 6) is -0.979. The zero-order valence-electron chi connectivity index (χ0n) is 15.6. The molecule has 1 saturated heterocycles. The first-order valence-corrected chi connectivity index (χ1v) is 9.16. The van der Waals surface area contributed by atoms with Gasteiger partial charge in [0.1, 0.15) is 17.9 Å². The average molecular weight is 361 g/mol. The molecule has 1 fully saturated rings. The molecular weight excluding hydrogens is 338 g/mol. The number of nitrogens with zero attached hydrogens (tertiary/aromatic N) is 2. The van der Waals surface area contributed by atoms with E-state index in [1.165, 1.54) is 6.92 Å². The second-order valence-electron chi connectivity index (χ2n) is 7.17. The highest BCUT2D eigenvalue weighted by molar-refractivity contribution is 6.12. The molecule has 0 aromatic heterocycles. The van der Waals surface area contributed by atoms with E-state index in [0.29, 0.717) is 6.54 Å². The third-order valence-electron chi connectivity index (χ3n) is 5.40. The SMILES string of the molecule is C=CCN1c2ccccc2N[C@@H]2[C@H]1[C@H](C(C)=O)C(=O)N2c1ccc(C)cc1. The van der Waals surface area contributed by atoms with E-state index in [9.17, 15) is 9.59 Å². The van der Waals surface area contributed by atoms with Crippen molar-refractivity contribution >= 4 is 28.8 Å². The first-order valence-electron chi connectivity index (χ1n) is 9.16. The van der Waals surface area contributed by atoms with Gasteiger partial charge in [0.05, 0.1) is 17.4 Å². The summed E-state index contributed by atoms with van der Waals surface area (Å²) in [7, 11) is 0. The maximum absolute atomic E-state index is 13.3. The minimum atomic E-state index is -0.711. The van der Waals surface area contributed by atoms with Crippen LogP contribution in [0.5, 0.6) is 0 Å². The van der Waals surface area contributed by atoms with Gasteiger partial charge in [-0.25, -0.2) is 0 Å². The van der Waals surface area contributed by atoms with E-state index in [-0.39, 0.29) is 23.9 Å². The number of fused-ring (bicyclic) bond motifs is 2. The Morgan fingerprint density at radius 2 is 1.89 bits per heavy atom. The van der Waals surface area contributed by atoms with Gasteiger partial charge >= 0.3 is 0 Å². The van der Waals surface area contributed by atoms with E-state index in [0.717, 1.165) is 22.6 Å². The van der Waals surface area contributed by atoms with Crippen molar-refractivity contribution in [2.24, 2.45) is 5.92 Å². The molecule has 27 heavy (non-hydrogen) atoms. The van der Waals surface area contributed by atoms with Gasteiger partial charge in [-0.05, 0) is 38.1 Å². The number of rotatable bonds is 4. The smallest absolute Gasteiger partial charge is 0.241 e. The van der Waals surface area contributed by atoms with Crippen molar-refractivity contribution in [2.75, 3.05) is 21.7 Å². The van der Waals surface area contributed by atoms with Crippen molar-refractivity contribution in [1.82, 2.24) is 0 Å². The number of nitrogens with one attached hydrogen (secondary N) is 1. The summed E-state index contributed by atoms with van der Waals surface area (Å²) in [6.07, 6.45) is 1.50. The first kappa shape index (κ1) is 17.3. The Morgan fingerprint density at radius 1 is 1.19 bits per heavy atom. The molecular formula is C22H23N3O2. The van der Waals surface area contributed by atoms with Crippen LogP contribution in [-0.2, 0) is 9.59 Å². The van der Waals surface area contributed by atoms with Crippen LogP contribution in [0.15, 0.2) is 61.2 Å². The minimum absolute atomic E-state index is 0.111. The summed E-state index contributed by atoms with van der Waals surface area (Å²) < 4.78 is 0. The molecule has 0 unspecified atom stereocenters. The van der Waals surface area contributed by atoms with E-state index < -0.39 is 5.92 Å². The second-order valence-corrected chi connectivity index (χ2v) is 7.17. The number of ketones is 1. The highest BCUT2D eigenvalue weighted by atomic mass is 16.2. The number of para-hydroxylation sites is 2. The van der Waals surface area contributed by atoms with Gasteiger partial charge in [-0.15, -0.1) is 6.58 Å². The van der Waals surface area contributed by atoms with Gasteiger partial charge in [-0.2, -0.15) is 0 Å². The molecule has 2 aliphatic heterocycles. The predicted molar refractivity (Wildman–Crippen MR) is 108 cm³/mol. The Bertz CT molecular complexity index is 906. The number of aryl methyl sites for hydroxylation is 1. The predicted octanol–water partition coefficient (Wildman–Crippen LogP) is 3.36. The van der Waals surface area contributed by atoms with Crippen molar-refractivity contribution in [3.05, 3.63) is 66.7 Å². The maximum atomic E-state index is 13.3. The minimum Gasteiger partial charge on any atom is -0.361 e. The molecule has 1 N–H and O–H groups in total. The highest BCUT2D eigenvalue weighted by Gasteiger charge is 2.55. The monoisotopic (exact) mass is 361 g/mol. The lowest BCUT2D eigenvalue weighted by Gasteiger charge is -2.43. The molecule has 4 rings (SSSR count). The standard InChI is InChI=1S/C22H23N3O2/c1-4-13-24-18-8-6-5-7-17(18)23-21-20(24)19(15(3)26)22(27)25(21)16-11-9-14(2)10-12-16/h4-12,19-21,23H,1,13H2,2-3H3/t19-,20+,21-/m0/s1. The number of hydrogen-bond acceptors (Lipinski definition) is 4. The topological polar surface area (TPSA) is 52.7 Å². The maximum Gasteiger partial charge on any atom is 0.241 e. The lowest BCUT2D eigenvalue weighted by atomic mass is 9.93. The van der Waals surface area contributed by atoms with E-state index in [1.54, 1.807) is 4.90 Å². The number of benzene rings is 2. The largest absolute Gasteiger partial charge is 0.361 e. The fraction of sp³-hybridized carbons (Fsp3) is 0.273. The summed E-state index contributed by atoms with van der Waals surface area (Å²) in [5.41, 5.74) is 3.87. The lowest BCUT2D eigenvalue weighted by molar-refractivity contribution is -0.129. The molecule has 3 atom stereocenters. The first-order chi connectivity index (χ1) is 13.0. The molecule has 5 heteroatoms. The molecule has 0 saturated carbocycles. The van der Waals surface area contributed by atoms with E-state index >= 15 is 0 Å². The molecule has 0 aliphatic carbocycles. The Hall–Kier alpha value is -3.08. The average Bonchev–Trinajstić information content (AvgIpc) is 2.94. The van der Waals surface area contributed by atoms with Crippen LogP contribution >= 0.6 is 0 Å². The van der Waals surface area contributed by atoms with Crippen LogP contribution in [0.2, 0.25) is 0 Å². The number of amides is 1. The van der Waals surface area contributed by atoms with Crippen LogP contribution in [0.1, 0.15) is 12.5 Å². The Labute approximate surface area is 159 Å². The summed E-state index contributed by atoms with van der Waals surface area (Å²) in [4.78, 5) is 29.7. The van der Waals surface area contributed by atoms with Gasteiger partial charge in [-0.1, -0.05) is 35.9 Å². The highest BCUT2D eigenvalue weighted by Crippen LogP contribution is 2.43. The number of carbonyl (C=O) groups excluding carboxylic acids is 2. The Morgan fingerprint density at radius 3 is 2.56 bits per heavy atom. The van der Waals surface area contributed by atoms with Crippen LogP contribution in [-0.4, -0.2) is 30.4 Å². The fourth-order valence-electron chi connectivity index (χ4n) is 4.20. The summed E-state index contributed by atoms with van der Waals surface area (Å²) >= 11 is 0. The van der Waals surface area contributed by atoms with Gasteiger partial charge in [0.25, 0.3) is 0 Å². The van der Waals surface area contributed by atoms with Gasteiger partial charge in [-0.3, -0.25) is 14.5 Å². The molecule has 2 aromatic rings. The number of hydrogen-bond donors (Lipinski definition) is 1. The van der Waals surface area contributed by atoms with Gasteiger partial charge in [0, 0.05) is 12.2 Å². The van der Waals surface area contributed by atoms with Crippen molar-refractivity contribution in [3.63, 3.8) is 0 Å². The number of carbonyl (C=O) groups is 2. The second kappa shape index (κ2) is 6.58. The molecule has 2 aromatic carbocycles. The van der Waals surface area contributed by atoms with Crippen LogP contribution in [0.4, 0.5) is 17.1 Å². The molecule has 138 valence electrons. The molecule has 1 amide bonds. The van der Waals surface area contributed by atoms with E-state index in [4.69, 9.17) is 0 Å². The number of Topliss-reactive ketones (excluding diaryl/α,β-unsaturated/α-hetero) is 1. The van der Waals surface area contributed by atoms with Crippen LogP contribution < -0.4 is 15.1 Å². The van der Waals surface area contributed by atoms with Crippen molar-refractivity contribution in [2.45, 2.75) is 26.1 Å². The van der Waals surface area contributed by atoms with Gasteiger partial charge < -0.3 is 10.2 Å². The summed E-state index contributed by atoms with van der Waals surface area (Å²) in [5, 5.41) is 3.50. The molecule has 0 radical (unpaired) electrons. The van der Waals surface area contributed by atoms with Crippen molar-refractivity contribution in [1.29, 1.82) is 0 Å². The van der Waals surface area contributed by atoms with E-state index in [2.05, 4.69) is 16.8 Å². The van der Waals surface area contributed by atoms with Crippen molar-refractivity contribution < 1.29 is 9.59 Å². The number of anilines is 3. The molecule has 0 bridgehead atoms. The third kappa shape index (κ3) is 2.70. The zero-order chi connectivity index (χ0) is 19.1. The molecule has 2 heterocycles. The molecule has 2 aliphatic rings. The van der Waals surface area contributed by atoms with Crippen LogP contribution in [0, 0.1) is 12.8 Å². The van der Waals surface area contributed by atoms with Gasteiger partial charge in [0.2, 0.25) is 5.91 Å². The quantitative estimate of drug-likeness (QED) is 0.670. The fourth-order valence-corrected chi connectivity index (χ4v) is 4.20. The Balaban J connectivity index is 1.86. The lowest BCUT2D eigenvalue weighted by Crippen LogP contribution is -2.55. The van der Waals surface area contributed by atoms with Crippen LogP contribution in [0.3, 0.4) is 0 Å². The van der Waals surface area contributed by atoms with Crippen molar-refractivity contribution in [3.8, 4) is 0 Å². The van der Waals surface area contributed by atoms with E-state index in [1.807, 2.05) is 61.5 Å². The Kier molecular flexibility index (Phi) is 4.22. The van der Waals surface area contributed by atoms with Gasteiger partial charge in [0.15, 0.2) is 0 Å². The third-order valence-corrected chi connectivity index (χ3v) is 5.40. The normalized spacial score (nSPS) is 23.5. The summed E-state index contributed by atoms with van der Waals surface area (Å²) in [6, 6.07) is 15.5.